The van der Waals surface area contributed by atoms with Crippen LogP contribution in [0.2, 0.25) is 0 Å². The Morgan fingerprint density at radius 2 is 1.73 bits per heavy atom. The summed E-state index contributed by atoms with van der Waals surface area (Å²) < 4.78 is 12.8. The van der Waals surface area contributed by atoms with Gasteiger partial charge in [-0.1, -0.05) is 38.3 Å². The first-order valence-corrected chi connectivity index (χ1v) is 17.5. The Labute approximate surface area is 285 Å². The number of aliphatic hydroxyl groups excluding tert-OH is 1. The number of aromatic carboxylic acids is 1. The number of amides is 3. The van der Waals surface area contributed by atoms with Crippen LogP contribution in [-0.2, 0) is 11.3 Å². The number of nitrogens with zero attached hydrogens (tertiary/aromatic N) is 2. The number of likely N-dealkylation sites (N-methyl/N-ethyl adjacent to an activating group) is 1. The minimum absolute atomic E-state index is 0.0893. The maximum atomic E-state index is 14.4. The number of anilines is 1. The van der Waals surface area contributed by atoms with Crippen LogP contribution >= 0.6 is 0 Å². The summed E-state index contributed by atoms with van der Waals surface area (Å²) in [5.41, 5.74) is 2.07. The first kappa shape index (κ1) is 37.2. The van der Waals surface area contributed by atoms with Crippen molar-refractivity contribution in [2.24, 2.45) is 5.92 Å². The summed E-state index contributed by atoms with van der Waals surface area (Å²) in [5, 5.41) is 25.5. The number of fused-ring (bicyclic) bond motifs is 1. The molecule has 0 bridgehead atoms. The van der Waals surface area contributed by atoms with Crippen molar-refractivity contribution >= 4 is 23.6 Å². The van der Waals surface area contributed by atoms with Crippen LogP contribution in [0.3, 0.4) is 0 Å². The number of carboxylic acids is 1. The van der Waals surface area contributed by atoms with Gasteiger partial charge in [-0.3, -0.25) is 9.69 Å². The molecule has 4 atom stereocenters. The normalized spacial score (nSPS) is 22.2. The number of hydrogen-bond acceptors (Lipinski definition) is 7. The molecule has 3 amide bonds. The van der Waals surface area contributed by atoms with Crippen molar-refractivity contribution in [3.63, 3.8) is 0 Å². The van der Waals surface area contributed by atoms with E-state index in [-0.39, 0.29) is 48.3 Å². The van der Waals surface area contributed by atoms with E-state index in [1.165, 1.54) is 6.42 Å². The smallest absolute Gasteiger partial charge is 0.335 e. The molecule has 1 aliphatic heterocycles. The number of benzene rings is 2. The van der Waals surface area contributed by atoms with E-state index < -0.39 is 12.0 Å². The molecule has 4 N–H and O–H groups in total. The minimum Gasteiger partial charge on any atom is -0.490 e. The second-order valence-electron chi connectivity index (χ2n) is 13.6. The molecule has 2 aliphatic rings. The molecule has 0 aromatic heterocycles. The van der Waals surface area contributed by atoms with Crippen LogP contribution in [0.25, 0.3) is 0 Å². The zero-order valence-corrected chi connectivity index (χ0v) is 29.0. The highest BCUT2D eigenvalue weighted by Crippen LogP contribution is 2.29. The van der Waals surface area contributed by atoms with Crippen LogP contribution in [0.5, 0.6) is 5.75 Å². The van der Waals surface area contributed by atoms with E-state index in [2.05, 4.69) is 22.5 Å². The maximum Gasteiger partial charge on any atom is 0.335 e. The van der Waals surface area contributed by atoms with Crippen molar-refractivity contribution in [3.8, 4) is 5.75 Å². The molecular weight excluding hydrogens is 612 g/mol. The zero-order valence-electron chi connectivity index (χ0n) is 29.0. The van der Waals surface area contributed by atoms with Crippen molar-refractivity contribution in [1.82, 2.24) is 15.1 Å². The summed E-state index contributed by atoms with van der Waals surface area (Å²) in [7, 11) is 2.00. The molecule has 2 aromatic carbocycles. The van der Waals surface area contributed by atoms with Gasteiger partial charge >= 0.3 is 12.0 Å². The first-order valence-electron chi connectivity index (χ1n) is 17.5. The van der Waals surface area contributed by atoms with Crippen LogP contribution in [0, 0.1) is 5.92 Å². The maximum absolute atomic E-state index is 14.4. The van der Waals surface area contributed by atoms with Gasteiger partial charge in [-0.05, 0) is 88.9 Å². The molecule has 4 rings (SSSR count). The number of nitrogens with one attached hydrogen (secondary N) is 2. The Kier molecular flexibility index (Phi) is 14.1. The topological polar surface area (TPSA) is 141 Å². The number of carboxylic acid groups (broad SMARTS) is 1. The van der Waals surface area contributed by atoms with Crippen molar-refractivity contribution < 1.29 is 34.1 Å². The molecular formula is C37H54N4O7. The highest BCUT2D eigenvalue weighted by atomic mass is 16.5. The average molecular weight is 667 g/mol. The Balaban J connectivity index is 1.55. The summed E-state index contributed by atoms with van der Waals surface area (Å²) in [4.78, 5) is 42.3. The molecule has 0 unspecified atom stereocenters. The zero-order chi connectivity index (χ0) is 34.6. The van der Waals surface area contributed by atoms with Gasteiger partial charge in [-0.25, -0.2) is 9.59 Å². The third-order valence-corrected chi connectivity index (χ3v) is 9.39. The molecule has 1 fully saturated rings. The van der Waals surface area contributed by atoms with Gasteiger partial charge in [0.1, 0.15) is 5.75 Å². The van der Waals surface area contributed by atoms with Gasteiger partial charge in [0.05, 0.1) is 36.0 Å². The Morgan fingerprint density at radius 1 is 1.02 bits per heavy atom. The monoisotopic (exact) mass is 666 g/mol. The second-order valence-corrected chi connectivity index (χ2v) is 13.6. The second kappa shape index (κ2) is 18.2. The van der Waals surface area contributed by atoms with Crippen LogP contribution in [0.4, 0.5) is 10.5 Å². The average Bonchev–Trinajstić information content (AvgIpc) is 3.06. The van der Waals surface area contributed by atoms with Gasteiger partial charge < -0.3 is 35.2 Å². The van der Waals surface area contributed by atoms with Crippen LogP contribution < -0.4 is 15.4 Å². The molecule has 2 aromatic rings. The highest BCUT2D eigenvalue weighted by Gasteiger charge is 2.30. The summed E-state index contributed by atoms with van der Waals surface area (Å²) in [5.74, 6) is -0.880. The molecule has 1 heterocycles. The Hall–Kier alpha value is -3.67. The van der Waals surface area contributed by atoms with Crippen LogP contribution in [0.1, 0.15) is 98.4 Å². The quantitative estimate of drug-likeness (QED) is 0.265. The lowest BCUT2D eigenvalue weighted by Crippen LogP contribution is -2.47. The Morgan fingerprint density at radius 3 is 2.42 bits per heavy atom. The standard InChI is InChI=1S/C37H54N4O7/c1-25-21-41(26(2)24-42)35(43)32-20-31(39-37(46)38-30-11-6-5-7-12-30)17-18-33(32)48-27(3)10-8-9-19-47-34(25)23-40(4)22-28-13-15-29(16-14-28)36(44)45/h13-18,20,25-27,30,34,42H,5-12,19,21-24H2,1-4H3,(H,44,45)(H2,38,39,46)/t25-,26-,27-,34-/m0/s1. The van der Waals surface area contributed by atoms with E-state index in [1.807, 2.05) is 33.0 Å². The summed E-state index contributed by atoms with van der Waals surface area (Å²) in [6, 6.07) is 11.4. The molecule has 1 aliphatic carbocycles. The molecule has 11 heteroatoms. The minimum atomic E-state index is -0.954. The number of rotatable bonds is 9. The third-order valence-electron chi connectivity index (χ3n) is 9.39. The van der Waals surface area contributed by atoms with E-state index in [1.54, 1.807) is 35.2 Å². The van der Waals surface area contributed by atoms with Crippen molar-refractivity contribution in [2.45, 2.75) is 103 Å². The van der Waals surface area contributed by atoms with Gasteiger partial charge in [-0.15, -0.1) is 0 Å². The largest absolute Gasteiger partial charge is 0.490 e. The first-order chi connectivity index (χ1) is 23.0. The van der Waals surface area contributed by atoms with E-state index in [4.69, 9.17) is 9.47 Å². The molecule has 0 radical (unpaired) electrons. The molecule has 1 saturated carbocycles. The lowest BCUT2D eigenvalue weighted by Gasteiger charge is -2.36. The fourth-order valence-corrected chi connectivity index (χ4v) is 6.50. The Bertz CT molecular complexity index is 1350. The van der Waals surface area contributed by atoms with Gasteiger partial charge in [-0.2, -0.15) is 0 Å². The summed E-state index contributed by atoms with van der Waals surface area (Å²) in [6.07, 6.45) is 7.52. The van der Waals surface area contributed by atoms with Crippen LogP contribution in [0.15, 0.2) is 42.5 Å². The fourth-order valence-electron chi connectivity index (χ4n) is 6.50. The van der Waals surface area contributed by atoms with Crippen molar-refractivity contribution in [3.05, 3.63) is 59.2 Å². The predicted octanol–water partition coefficient (Wildman–Crippen LogP) is 5.77. The van der Waals surface area contributed by atoms with Crippen LogP contribution in [-0.4, -0.2) is 95.6 Å². The van der Waals surface area contributed by atoms with Gasteiger partial charge in [0.25, 0.3) is 5.91 Å². The predicted molar refractivity (Wildman–Crippen MR) is 186 cm³/mol. The van der Waals surface area contributed by atoms with E-state index >= 15 is 0 Å². The molecule has 264 valence electrons. The molecule has 0 saturated heterocycles. The van der Waals surface area contributed by atoms with Crippen molar-refractivity contribution in [2.75, 3.05) is 38.7 Å². The summed E-state index contributed by atoms with van der Waals surface area (Å²) >= 11 is 0. The number of carbonyl (C=O) groups is 3. The van der Waals surface area contributed by atoms with E-state index in [0.717, 1.165) is 50.5 Å². The van der Waals surface area contributed by atoms with Gasteiger partial charge in [0, 0.05) is 43.9 Å². The number of ether oxygens (including phenoxy) is 2. The number of hydrogen-bond donors (Lipinski definition) is 4. The number of aliphatic hydroxyl groups is 1. The number of carbonyl (C=O) groups excluding carboxylic acids is 2. The lowest BCUT2D eigenvalue weighted by molar-refractivity contribution is -0.0177. The fraction of sp³-hybridized carbons (Fsp3) is 0.595. The molecule has 0 spiro atoms. The lowest BCUT2D eigenvalue weighted by atomic mass is 9.96. The van der Waals surface area contributed by atoms with Gasteiger partial charge in [0.15, 0.2) is 0 Å². The highest BCUT2D eigenvalue weighted by molar-refractivity contribution is 5.99. The number of urea groups is 1. The summed E-state index contributed by atoms with van der Waals surface area (Å²) in [6.45, 7) is 7.75. The SMILES string of the molecule is C[C@H]1CCCCO[C@@H](CN(C)Cc2ccc(C(=O)O)cc2)[C@@H](C)CN([C@@H](C)CO)C(=O)c2cc(NC(=O)NC3CCCCC3)ccc2O1. The van der Waals surface area contributed by atoms with E-state index in [9.17, 15) is 24.6 Å². The molecule has 48 heavy (non-hydrogen) atoms. The van der Waals surface area contributed by atoms with Gasteiger partial charge in [0.2, 0.25) is 0 Å². The van der Waals surface area contributed by atoms with E-state index in [0.29, 0.717) is 43.2 Å². The molecule has 11 nitrogen and oxygen atoms in total. The van der Waals surface area contributed by atoms with Crippen molar-refractivity contribution in [1.29, 1.82) is 0 Å². The third kappa shape index (κ3) is 10.9.